The Labute approximate surface area is 202 Å². The Bertz CT molecular complexity index is 903. The van der Waals surface area contributed by atoms with E-state index < -0.39 is 21.2 Å². The summed E-state index contributed by atoms with van der Waals surface area (Å²) in [5.74, 6) is -0.429. The summed E-state index contributed by atoms with van der Waals surface area (Å²) in [6.45, 7) is 6.07. The van der Waals surface area contributed by atoms with E-state index in [4.69, 9.17) is 9.57 Å². The van der Waals surface area contributed by atoms with Crippen LogP contribution in [-0.4, -0.2) is 85.4 Å². The third-order valence-corrected chi connectivity index (χ3v) is 10.4. The smallest absolute Gasteiger partial charge is 0.327 e. The Kier molecular flexibility index (Phi) is 6.69. The van der Waals surface area contributed by atoms with Gasteiger partial charge in [-0.05, 0) is 71.1 Å². The maximum Gasteiger partial charge on any atom is 0.327 e. The molecule has 0 spiro atoms. The zero-order chi connectivity index (χ0) is 24.1. The van der Waals surface area contributed by atoms with E-state index in [1.807, 2.05) is 18.7 Å². The molecule has 5 rings (SSSR count). The van der Waals surface area contributed by atoms with E-state index in [0.29, 0.717) is 44.9 Å². The molecule has 5 atom stereocenters. The number of hydrogen-bond donors (Lipinski definition) is 2. The number of amides is 3. The highest BCUT2D eigenvalue weighted by molar-refractivity contribution is 7.90. The third kappa shape index (κ3) is 5.00. The predicted molar refractivity (Wildman–Crippen MR) is 124 cm³/mol. The first-order valence-corrected chi connectivity index (χ1v) is 14.3. The highest BCUT2D eigenvalue weighted by Gasteiger charge is 2.52. The lowest BCUT2D eigenvalue weighted by molar-refractivity contribution is -0.143. The summed E-state index contributed by atoms with van der Waals surface area (Å²) in [5.41, 5.74) is 2.57. The molecular weight excluding hydrogens is 460 g/mol. The van der Waals surface area contributed by atoms with Gasteiger partial charge < -0.3 is 9.64 Å². The summed E-state index contributed by atoms with van der Waals surface area (Å²) in [5, 5.41) is -0.612. The number of hydrogen-bond acceptors (Lipinski definition) is 7. The van der Waals surface area contributed by atoms with Crippen molar-refractivity contribution in [3.63, 3.8) is 0 Å². The Morgan fingerprint density at radius 1 is 1.09 bits per heavy atom. The highest BCUT2D eigenvalue weighted by atomic mass is 32.2. The summed E-state index contributed by atoms with van der Waals surface area (Å²) in [6.07, 6.45) is 5.17. The van der Waals surface area contributed by atoms with Crippen molar-refractivity contribution < 1.29 is 27.6 Å². The molecule has 5 unspecified atom stereocenters. The summed E-state index contributed by atoms with van der Waals surface area (Å²) >= 11 is 0. The number of carbonyl (C=O) groups excluding carboxylic acids is 2. The zero-order valence-corrected chi connectivity index (χ0v) is 21.0. The molecule has 0 bridgehead atoms. The van der Waals surface area contributed by atoms with Crippen molar-refractivity contribution in [3.05, 3.63) is 0 Å². The van der Waals surface area contributed by atoms with Gasteiger partial charge in [-0.25, -0.2) is 17.9 Å². The Morgan fingerprint density at radius 3 is 2.47 bits per heavy atom. The molecule has 2 saturated carbocycles. The van der Waals surface area contributed by atoms with Gasteiger partial charge in [-0.2, -0.15) is 5.48 Å². The number of ether oxygens (including phenoxy) is 1. The first kappa shape index (κ1) is 24.4. The summed E-state index contributed by atoms with van der Waals surface area (Å²) in [7, 11) is -3.53. The molecule has 10 nitrogen and oxygen atoms in total. The van der Waals surface area contributed by atoms with Crippen molar-refractivity contribution in [2.24, 2.45) is 11.8 Å². The van der Waals surface area contributed by atoms with Crippen molar-refractivity contribution >= 4 is 22.0 Å². The third-order valence-electron chi connectivity index (χ3n) is 8.29. The fourth-order valence-corrected chi connectivity index (χ4v) is 7.92. The van der Waals surface area contributed by atoms with Crippen molar-refractivity contribution in [1.82, 2.24) is 20.0 Å². The van der Waals surface area contributed by atoms with Crippen molar-refractivity contribution in [2.75, 3.05) is 26.3 Å². The summed E-state index contributed by atoms with van der Waals surface area (Å²) in [6, 6.07) is -0.348. The van der Waals surface area contributed by atoms with Crippen LogP contribution >= 0.6 is 0 Å². The normalized spacial score (nSPS) is 36.6. The number of imide groups is 1. The second kappa shape index (κ2) is 9.31. The lowest BCUT2D eigenvalue weighted by Crippen LogP contribution is -2.65. The monoisotopic (exact) mass is 498 g/mol. The van der Waals surface area contributed by atoms with Gasteiger partial charge >= 0.3 is 6.03 Å². The number of fused-ring (bicyclic) bond motifs is 1. The average Bonchev–Trinajstić information content (AvgIpc) is 3.37. The van der Waals surface area contributed by atoms with Gasteiger partial charge in [-0.1, -0.05) is 0 Å². The van der Waals surface area contributed by atoms with Crippen LogP contribution in [0.15, 0.2) is 0 Å². The van der Waals surface area contributed by atoms with E-state index in [0.717, 1.165) is 25.7 Å². The number of hydroxylamine groups is 1. The van der Waals surface area contributed by atoms with Crippen molar-refractivity contribution in [1.29, 1.82) is 0 Å². The molecule has 3 aliphatic heterocycles. The largest absolute Gasteiger partial charge is 0.381 e. The molecule has 2 N–H and O–H groups in total. The Morgan fingerprint density at radius 2 is 1.82 bits per heavy atom. The van der Waals surface area contributed by atoms with Gasteiger partial charge in [0.15, 0.2) is 0 Å². The first-order valence-electron chi connectivity index (χ1n) is 12.8. The standard InChI is InChI=1S/C23H38N4O6S/c1-15-11-17(33-24-15)14-27-21(28)19-12-18(34(30,31)25-23(2)7-8-23)3-4-20(19)26(22(27)29)13-16-5-9-32-10-6-16/h15-20,24-25H,3-14H2,1-2H3. The highest BCUT2D eigenvalue weighted by Crippen LogP contribution is 2.40. The molecule has 5 fully saturated rings. The van der Waals surface area contributed by atoms with Crippen LogP contribution in [0.4, 0.5) is 4.79 Å². The SMILES string of the molecule is CC1CC(CN2C(=O)C3CC(S(=O)(=O)NC4(C)CC4)CCC3N(CC3CCOCC3)C2=O)ON1. The van der Waals surface area contributed by atoms with Crippen LogP contribution in [0.1, 0.15) is 65.2 Å². The minimum absolute atomic E-state index is 0.158. The molecule has 0 aromatic carbocycles. The van der Waals surface area contributed by atoms with Crippen molar-refractivity contribution in [3.8, 4) is 0 Å². The molecule has 0 radical (unpaired) electrons. The number of nitrogens with one attached hydrogen (secondary N) is 2. The molecule has 11 heteroatoms. The van der Waals surface area contributed by atoms with Gasteiger partial charge in [0.1, 0.15) is 0 Å². The van der Waals surface area contributed by atoms with Gasteiger partial charge in [0.05, 0.1) is 23.8 Å². The summed E-state index contributed by atoms with van der Waals surface area (Å²) in [4.78, 5) is 36.0. The predicted octanol–water partition coefficient (Wildman–Crippen LogP) is 1.37. The summed E-state index contributed by atoms with van der Waals surface area (Å²) < 4.78 is 34.6. The van der Waals surface area contributed by atoms with E-state index in [-0.39, 0.29) is 48.6 Å². The number of carbonyl (C=O) groups is 2. The van der Waals surface area contributed by atoms with E-state index in [9.17, 15) is 18.0 Å². The van der Waals surface area contributed by atoms with Crippen LogP contribution in [0.2, 0.25) is 0 Å². The maximum atomic E-state index is 13.6. The molecule has 2 aliphatic carbocycles. The van der Waals surface area contributed by atoms with E-state index >= 15 is 0 Å². The van der Waals surface area contributed by atoms with E-state index in [1.165, 1.54) is 4.90 Å². The molecule has 0 aromatic heterocycles. The molecular formula is C23H38N4O6S. The van der Waals surface area contributed by atoms with Crippen LogP contribution in [0, 0.1) is 11.8 Å². The molecule has 3 heterocycles. The Balaban J connectivity index is 1.36. The average molecular weight is 499 g/mol. The Hall–Kier alpha value is -1.27. The van der Waals surface area contributed by atoms with Gasteiger partial charge in [0, 0.05) is 37.4 Å². The maximum absolute atomic E-state index is 13.6. The van der Waals surface area contributed by atoms with Crippen LogP contribution in [-0.2, 0) is 24.4 Å². The molecule has 3 saturated heterocycles. The zero-order valence-electron chi connectivity index (χ0n) is 20.2. The molecule has 34 heavy (non-hydrogen) atoms. The van der Waals surface area contributed by atoms with Gasteiger partial charge in [0.2, 0.25) is 15.9 Å². The van der Waals surface area contributed by atoms with Crippen LogP contribution < -0.4 is 10.2 Å². The number of urea groups is 1. The fraction of sp³-hybridized carbons (Fsp3) is 0.913. The number of nitrogens with zero attached hydrogens (tertiary/aromatic N) is 2. The first-order chi connectivity index (χ1) is 16.2. The molecule has 5 aliphatic rings. The minimum Gasteiger partial charge on any atom is -0.381 e. The second-order valence-electron chi connectivity index (χ2n) is 11.3. The lowest BCUT2D eigenvalue weighted by Gasteiger charge is -2.49. The lowest BCUT2D eigenvalue weighted by atomic mass is 9.80. The number of sulfonamides is 1. The molecule has 192 valence electrons. The van der Waals surface area contributed by atoms with Crippen LogP contribution in [0.5, 0.6) is 0 Å². The quantitative estimate of drug-likeness (QED) is 0.544. The van der Waals surface area contributed by atoms with Crippen molar-refractivity contribution in [2.45, 2.75) is 94.2 Å². The van der Waals surface area contributed by atoms with Gasteiger partial charge in [-0.15, -0.1) is 0 Å². The van der Waals surface area contributed by atoms with Gasteiger partial charge in [-0.3, -0.25) is 14.5 Å². The topological polar surface area (TPSA) is 117 Å². The van der Waals surface area contributed by atoms with E-state index in [1.54, 1.807) is 0 Å². The van der Waals surface area contributed by atoms with Crippen LogP contribution in [0.25, 0.3) is 0 Å². The fourth-order valence-electron chi connectivity index (χ4n) is 5.95. The number of rotatable bonds is 7. The van der Waals surface area contributed by atoms with E-state index in [2.05, 4.69) is 10.2 Å². The molecule has 0 aromatic rings. The molecule has 3 amide bonds. The van der Waals surface area contributed by atoms with Crippen LogP contribution in [0.3, 0.4) is 0 Å². The van der Waals surface area contributed by atoms with Gasteiger partial charge in [0.25, 0.3) is 0 Å². The second-order valence-corrected chi connectivity index (χ2v) is 13.2. The minimum atomic E-state index is -3.53.